The average Bonchev–Trinajstić information content (AvgIpc) is 3.05. The Morgan fingerprint density at radius 1 is 1.14 bits per heavy atom. The monoisotopic (exact) mass is 397 g/mol. The van der Waals surface area contributed by atoms with Crippen LogP contribution in [0.4, 0.5) is 5.69 Å². The van der Waals surface area contributed by atoms with Gasteiger partial charge in [-0.3, -0.25) is 9.59 Å². The van der Waals surface area contributed by atoms with E-state index in [2.05, 4.69) is 20.7 Å². The summed E-state index contributed by atoms with van der Waals surface area (Å²) in [5, 5.41) is 10.1. The van der Waals surface area contributed by atoms with Gasteiger partial charge in [0.25, 0.3) is 11.8 Å². The van der Waals surface area contributed by atoms with Gasteiger partial charge in [0, 0.05) is 17.8 Å². The van der Waals surface area contributed by atoms with E-state index < -0.39 is 0 Å². The van der Waals surface area contributed by atoms with Crippen LogP contribution in [0.2, 0.25) is 5.02 Å². The Kier molecular flexibility index (Phi) is 5.75. The molecule has 1 aromatic carbocycles. The number of amides is 2. The topological polar surface area (TPSA) is 88.9 Å². The fraction of sp³-hybridized carbons (Fsp3) is 0.200. The molecule has 0 radical (unpaired) electrons. The molecular formula is C20H20ClN5O2. The molecule has 0 atom stereocenters. The van der Waals surface area contributed by atoms with Crippen molar-refractivity contribution in [1.29, 1.82) is 0 Å². The molecule has 3 aromatic rings. The molecule has 2 N–H and O–H groups in total. The molecule has 0 aliphatic rings. The molecule has 0 fully saturated rings. The Balaban J connectivity index is 1.84. The second kappa shape index (κ2) is 8.22. The van der Waals surface area contributed by atoms with Gasteiger partial charge < -0.3 is 10.6 Å². The van der Waals surface area contributed by atoms with Gasteiger partial charge in [-0.1, -0.05) is 17.7 Å². The van der Waals surface area contributed by atoms with Crippen molar-refractivity contribution in [3.8, 4) is 5.82 Å². The van der Waals surface area contributed by atoms with Crippen LogP contribution >= 0.6 is 11.6 Å². The molecular weight excluding hydrogens is 378 g/mol. The number of nitrogens with one attached hydrogen (secondary N) is 2. The third-order valence-corrected chi connectivity index (χ3v) is 4.35. The number of anilines is 1. The van der Waals surface area contributed by atoms with Crippen molar-refractivity contribution >= 4 is 29.1 Å². The van der Waals surface area contributed by atoms with Crippen molar-refractivity contribution in [1.82, 2.24) is 20.1 Å². The molecule has 0 saturated heterocycles. The summed E-state index contributed by atoms with van der Waals surface area (Å²) in [6.07, 6.45) is 3.13. The third kappa shape index (κ3) is 4.20. The van der Waals surface area contributed by atoms with Gasteiger partial charge in [0.1, 0.15) is 0 Å². The van der Waals surface area contributed by atoms with Gasteiger partial charge in [0.2, 0.25) is 0 Å². The minimum absolute atomic E-state index is 0.00121. The number of hydrogen-bond donors (Lipinski definition) is 2. The third-order valence-electron chi connectivity index (χ3n) is 4.02. The van der Waals surface area contributed by atoms with E-state index >= 15 is 0 Å². The Hall–Kier alpha value is -3.19. The smallest absolute Gasteiger partial charge is 0.259 e. The largest absolute Gasteiger partial charge is 0.350 e. The minimum Gasteiger partial charge on any atom is -0.350 e. The van der Waals surface area contributed by atoms with E-state index in [-0.39, 0.29) is 17.9 Å². The van der Waals surface area contributed by atoms with Crippen LogP contribution in [0, 0.1) is 6.92 Å². The van der Waals surface area contributed by atoms with Crippen molar-refractivity contribution in [3.05, 3.63) is 70.6 Å². The van der Waals surface area contributed by atoms with Crippen LogP contribution in [0.15, 0.2) is 48.8 Å². The maximum absolute atomic E-state index is 12.7. The van der Waals surface area contributed by atoms with Gasteiger partial charge in [0.05, 0.1) is 28.2 Å². The molecule has 0 saturated carbocycles. The molecule has 0 aliphatic heterocycles. The highest BCUT2D eigenvalue weighted by molar-refractivity contribution is 6.34. The van der Waals surface area contributed by atoms with Gasteiger partial charge in [0.15, 0.2) is 5.82 Å². The first-order valence-corrected chi connectivity index (χ1v) is 9.12. The molecule has 2 aromatic heterocycles. The summed E-state index contributed by atoms with van der Waals surface area (Å²) in [5.74, 6) is 0.00810. The second-order valence-corrected chi connectivity index (χ2v) is 6.93. The molecule has 144 valence electrons. The van der Waals surface area contributed by atoms with Crippen LogP contribution in [0.25, 0.3) is 5.82 Å². The van der Waals surface area contributed by atoms with Crippen LogP contribution in [0.1, 0.15) is 40.3 Å². The lowest BCUT2D eigenvalue weighted by Crippen LogP contribution is -2.30. The van der Waals surface area contributed by atoms with Gasteiger partial charge in [-0.05, 0) is 51.1 Å². The molecule has 0 unspecified atom stereocenters. The quantitative estimate of drug-likeness (QED) is 0.688. The van der Waals surface area contributed by atoms with Crippen molar-refractivity contribution in [3.63, 3.8) is 0 Å². The maximum Gasteiger partial charge on any atom is 0.259 e. The zero-order valence-electron chi connectivity index (χ0n) is 15.7. The van der Waals surface area contributed by atoms with E-state index in [9.17, 15) is 9.59 Å². The van der Waals surface area contributed by atoms with E-state index in [0.717, 1.165) is 0 Å². The molecule has 3 rings (SSSR count). The predicted octanol–water partition coefficient (Wildman–Crippen LogP) is 3.62. The normalized spacial score (nSPS) is 10.8. The lowest BCUT2D eigenvalue weighted by molar-refractivity contribution is 0.0941. The summed E-state index contributed by atoms with van der Waals surface area (Å²) < 4.78 is 1.59. The van der Waals surface area contributed by atoms with E-state index in [0.29, 0.717) is 33.3 Å². The Morgan fingerprint density at radius 3 is 2.61 bits per heavy atom. The zero-order valence-corrected chi connectivity index (χ0v) is 16.5. The van der Waals surface area contributed by atoms with Crippen molar-refractivity contribution in [2.24, 2.45) is 0 Å². The highest BCUT2D eigenvalue weighted by atomic mass is 35.5. The molecule has 2 heterocycles. The minimum atomic E-state index is -0.372. The number of pyridine rings is 1. The number of aromatic nitrogens is 3. The summed E-state index contributed by atoms with van der Waals surface area (Å²) in [6, 6.07) is 10.2. The summed E-state index contributed by atoms with van der Waals surface area (Å²) in [7, 11) is 0. The maximum atomic E-state index is 12.7. The van der Waals surface area contributed by atoms with Crippen LogP contribution < -0.4 is 10.6 Å². The lowest BCUT2D eigenvalue weighted by Gasteiger charge is -2.11. The first-order chi connectivity index (χ1) is 13.4. The molecule has 0 bridgehead atoms. The fourth-order valence-electron chi connectivity index (χ4n) is 2.64. The van der Waals surface area contributed by atoms with Gasteiger partial charge in [-0.25, -0.2) is 9.67 Å². The Labute approximate surface area is 167 Å². The summed E-state index contributed by atoms with van der Waals surface area (Å²) in [6.45, 7) is 5.53. The van der Waals surface area contributed by atoms with Gasteiger partial charge in [-0.15, -0.1) is 0 Å². The standard InChI is InChI=1S/C20H20ClN5O2/c1-12(2)24-19(27)14-7-8-16(21)17(10-14)25-20(28)15-11-23-26(13(15)3)18-6-4-5-9-22-18/h4-12H,1-3H3,(H,24,27)(H,25,28). The summed E-state index contributed by atoms with van der Waals surface area (Å²) >= 11 is 6.20. The molecule has 8 heteroatoms. The summed E-state index contributed by atoms with van der Waals surface area (Å²) in [4.78, 5) is 29.2. The molecule has 28 heavy (non-hydrogen) atoms. The number of carbonyl (C=O) groups is 2. The van der Waals surface area contributed by atoms with Crippen molar-refractivity contribution in [2.45, 2.75) is 26.8 Å². The number of halogens is 1. The first kappa shape index (κ1) is 19.6. The van der Waals surface area contributed by atoms with Gasteiger partial charge >= 0.3 is 0 Å². The Morgan fingerprint density at radius 2 is 1.93 bits per heavy atom. The van der Waals surface area contributed by atoms with Crippen LogP contribution in [-0.2, 0) is 0 Å². The van der Waals surface area contributed by atoms with Crippen LogP contribution in [0.3, 0.4) is 0 Å². The molecule has 2 amide bonds. The lowest BCUT2D eigenvalue weighted by atomic mass is 10.1. The predicted molar refractivity (Wildman–Crippen MR) is 108 cm³/mol. The first-order valence-electron chi connectivity index (χ1n) is 8.74. The van der Waals surface area contributed by atoms with Crippen LogP contribution in [-0.4, -0.2) is 32.6 Å². The van der Waals surface area contributed by atoms with Crippen LogP contribution in [0.5, 0.6) is 0 Å². The van der Waals surface area contributed by atoms with E-state index in [1.165, 1.54) is 6.20 Å². The SMILES string of the molecule is Cc1c(C(=O)Nc2cc(C(=O)NC(C)C)ccc2Cl)cnn1-c1ccccn1. The van der Waals surface area contributed by atoms with E-state index in [1.54, 1.807) is 48.1 Å². The fourth-order valence-corrected chi connectivity index (χ4v) is 2.80. The number of rotatable bonds is 5. The zero-order chi connectivity index (χ0) is 20.3. The second-order valence-electron chi connectivity index (χ2n) is 6.52. The summed E-state index contributed by atoms with van der Waals surface area (Å²) in [5.41, 5.74) is 1.79. The van der Waals surface area contributed by atoms with E-state index in [1.807, 2.05) is 19.9 Å². The van der Waals surface area contributed by atoms with Crippen molar-refractivity contribution in [2.75, 3.05) is 5.32 Å². The van der Waals surface area contributed by atoms with E-state index in [4.69, 9.17) is 11.6 Å². The Bertz CT molecular complexity index is 1010. The highest BCUT2D eigenvalue weighted by Gasteiger charge is 2.18. The van der Waals surface area contributed by atoms with Gasteiger partial charge in [-0.2, -0.15) is 5.10 Å². The molecule has 7 nitrogen and oxygen atoms in total. The number of carbonyl (C=O) groups excluding carboxylic acids is 2. The number of nitrogens with zero attached hydrogens (tertiary/aromatic N) is 3. The van der Waals surface area contributed by atoms with Crippen molar-refractivity contribution < 1.29 is 9.59 Å². The molecule has 0 spiro atoms. The highest BCUT2D eigenvalue weighted by Crippen LogP contribution is 2.24. The molecule has 0 aliphatic carbocycles. The average molecular weight is 398 g/mol. The number of hydrogen-bond acceptors (Lipinski definition) is 4. The number of benzene rings is 1.